The minimum Gasteiger partial charge on any atom is -0.300 e. The average Bonchev–Trinajstić information content (AvgIpc) is 1.99. The van der Waals surface area contributed by atoms with E-state index < -0.39 is 0 Å². The van der Waals surface area contributed by atoms with Gasteiger partial charge in [-0.25, -0.2) is 4.39 Å². The van der Waals surface area contributed by atoms with Gasteiger partial charge in [-0.15, -0.1) is 0 Å². The summed E-state index contributed by atoms with van der Waals surface area (Å²) in [5.74, 6) is -0.0982. The lowest BCUT2D eigenvalue weighted by molar-refractivity contribution is -0.116. The van der Waals surface area contributed by atoms with Gasteiger partial charge in [0.15, 0.2) is 0 Å². The molecule has 1 nitrogen and oxygen atoms in total. The Morgan fingerprint density at radius 1 is 1.31 bits per heavy atom. The van der Waals surface area contributed by atoms with Crippen molar-refractivity contribution in [3.63, 3.8) is 0 Å². The molecule has 0 aromatic heterocycles. The van der Waals surface area contributed by atoms with Crippen LogP contribution in [0.3, 0.4) is 0 Å². The van der Waals surface area contributed by atoms with Crippen LogP contribution in [-0.2, 0) is 11.2 Å². The maximum atomic E-state index is 13.0. The first-order valence-corrected chi connectivity index (χ1v) is 4.25. The van der Waals surface area contributed by atoms with Crippen molar-refractivity contribution in [3.05, 3.63) is 34.6 Å². The number of Topliss-reactive ketones (excluding diaryl/α,β-unsaturated/α-hetero) is 1. The van der Waals surface area contributed by atoms with Crippen molar-refractivity contribution in [2.75, 3.05) is 0 Å². The molecular weight excluding hydrogens is 167 g/mol. The number of rotatable bonds is 2. The highest BCUT2D eigenvalue weighted by molar-refractivity contribution is 5.78. The molecule has 1 aromatic carbocycles. The molecule has 0 aliphatic rings. The van der Waals surface area contributed by atoms with E-state index in [0.717, 1.165) is 11.1 Å². The van der Waals surface area contributed by atoms with Crippen molar-refractivity contribution in [2.45, 2.75) is 27.2 Å². The van der Waals surface area contributed by atoms with E-state index in [-0.39, 0.29) is 11.6 Å². The van der Waals surface area contributed by atoms with E-state index in [1.807, 2.05) is 6.92 Å². The number of carbonyl (C=O) groups excluding carboxylic acids is 1. The summed E-state index contributed by atoms with van der Waals surface area (Å²) in [5, 5.41) is 0. The predicted octanol–water partition coefficient (Wildman–Crippen LogP) is 2.57. The predicted molar refractivity (Wildman–Crippen MR) is 50.3 cm³/mol. The summed E-state index contributed by atoms with van der Waals surface area (Å²) in [7, 11) is 0. The van der Waals surface area contributed by atoms with Crippen LogP contribution in [-0.4, -0.2) is 5.78 Å². The van der Waals surface area contributed by atoms with Crippen LogP contribution >= 0.6 is 0 Å². The molecule has 0 unspecified atom stereocenters. The summed E-state index contributed by atoms with van der Waals surface area (Å²) in [6, 6.07) is 3.22. The van der Waals surface area contributed by atoms with Crippen molar-refractivity contribution in [3.8, 4) is 0 Å². The van der Waals surface area contributed by atoms with Crippen LogP contribution in [0.15, 0.2) is 12.1 Å². The van der Waals surface area contributed by atoms with E-state index in [9.17, 15) is 9.18 Å². The first kappa shape index (κ1) is 9.90. The molecule has 0 radical (unpaired) electrons. The minimum absolute atomic E-state index is 0.106. The van der Waals surface area contributed by atoms with Gasteiger partial charge < -0.3 is 0 Å². The van der Waals surface area contributed by atoms with Gasteiger partial charge >= 0.3 is 0 Å². The van der Waals surface area contributed by atoms with Gasteiger partial charge in [-0.2, -0.15) is 0 Å². The zero-order valence-corrected chi connectivity index (χ0v) is 8.15. The van der Waals surface area contributed by atoms with Gasteiger partial charge in [-0.05, 0) is 43.5 Å². The number of ketones is 1. The molecule has 0 aliphatic heterocycles. The number of halogens is 1. The van der Waals surface area contributed by atoms with Crippen LogP contribution in [0.1, 0.15) is 23.6 Å². The highest BCUT2D eigenvalue weighted by Gasteiger charge is 2.05. The van der Waals surface area contributed by atoms with E-state index in [1.54, 1.807) is 13.0 Å². The summed E-state index contributed by atoms with van der Waals surface area (Å²) >= 11 is 0. The Morgan fingerprint density at radius 3 is 2.46 bits per heavy atom. The molecule has 0 fully saturated rings. The van der Waals surface area contributed by atoms with Crippen molar-refractivity contribution in [2.24, 2.45) is 0 Å². The maximum absolute atomic E-state index is 13.0. The normalized spacial score (nSPS) is 10.2. The summed E-state index contributed by atoms with van der Waals surface area (Å²) in [6.45, 7) is 5.07. The Kier molecular flexibility index (Phi) is 2.81. The van der Waals surface area contributed by atoms with Crippen LogP contribution in [0.4, 0.5) is 4.39 Å². The highest BCUT2D eigenvalue weighted by atomic mass is 19.1. The fourth-order valence-electron chi connectivity index (χ4n) is 1.30. The number of aryl methyl sites for hydroxylation is 2. The molecule has 13 heavy (non-hydrogen) atoms. The lowest BCUT2D eigenvalue weighted by Crippen LogP contribution is -2.00. The van der Waals surface area contributed by atoms with Crippen molar-refractivity contribution in [1.29, 1.82) is 0 Å². The standard InChI is InChI=1S/C11H13FO/c1-7-5-11(12)8(2)4-10(7)6-9(3)13/h4-5H,6H2,1-3H3. The molecule has 0 bridgehead atoms. The van der Waals surface area contributed by atoms with Gasteiger partial charge in [0.2, 0.25) is 0 Å². The summed E-state index contributed by atoms with van der Waals surface area (Å²) in [5.41, 5.74) is 2.37. The van der Waals surface area contributed by atoms with Crippen molar-refractivity contribution < 1.29 is 9.18 Å². The zero-order valence-electron chi connectivity index (χ0n) is 8.15. The second kappa shape index (κ2) is 3.69. The number of hydrogen-bond donors (Lipinski definition) is 0. The molecule has 0 N–H and O–H groups in total. The van der Waals surface area contributed by atoms with Crippen LogP contribution in [0.25, 0.3) is 0 Å². The Balaban J connectivity index is 3.08. The topological polar surface area (TPSA) is 17.1 Å². The number of carbonyl (C=O) groups is 1. The third kappa shape index (κ3) is 2.38. The first-order valence-electron chi connectivity index (χ1n) is 4.25. The molecule has 0 amide bonds. The monoisotopic (exact) mass is 180 g/mol. The molecular formula is C11H13FO. The van der Waals surface area contributed by atoms with Gasteiger partial charge in [0.1, 0.15) is 11.6 Å². The molecule has 70 valence electrons. The lowest BCUT2D eigenvalue weighted by atomic mass is 10.0. The smallest absolute Gasteiger partial charge is 0.134 e. The van der Waals surface area contributed by atoms with E-state index in [2.05, 4.69) is 0 Å². The van der Waals surface area contributed by atoms with E-state index in [4.69, 9.17) is 0 Å². The third-order valence-electron chi connectivity index (χ3n) is 2.06. The van der Waals surface area contributed by atoms with Crippen LogP contribution in [0.2, 0.25) is 0 Å². The summed E-state index contributed by atoms with van der Waals surface area (Å²) in [4.78, 5) is 10.9. The van der Waals surface area contributed by atoms with Gasteiger partial charge in [0.05, 0.1) is 0 Å². The van der Waals surface area contributed by atoms with Gasteiger partial charge in [-0.1, -0.05) is 6.07 Å². The Labute approximate surface area is 77.6 Å². The molecule has 0 spiro atoms. The van der Waals surface area contributed by atoms with Crippen molar-refractivity contribution in [1.82, 2.24) is 0 Å². The SMILES string of the molecule is CC(=O)Cc1cc(C)c(F)cc1C. The molecule has 0 saturated carbocycles. The molecule has 1 rings (SSSR count). The fraction of sp³-hybridized carbons (Fsp3) is 0.364. The summed E-state index contributed by atoms with van der Waals surface area (Å²) in [6.07, 6.45) is 0.396. The molecule has 2 heteroatoms. The van der Waals surface area contributed by atoms with E-state index in [1.165, 1.54) is 13.0 Å². The second-order valence-electron chi connectivity index (χ2n) is 3.41. The fourth-order valence-corrected chi connectivity index (χ4v) is 1.30. The lowest BCUT2D eigenvalue weighted by Gasteiger charge is -2.05. The second-order valence-corrected chi connectivity index (χ2v) is 3.41. The third-order valence-corrected chi connectivity index (χ3v) is 2.06. The zero-order chi connectivity index (χ0) is 10.0. The van der Waals surface area contributed by atoms with Crippen LogP contribution < -0.4 is 0 Å². The maximum Gasteiger partial charge on any atom is 0.134 e. The Morgan fingerprint density at radius 2 is 1.92 bits per heavy atom. The molecule has 0 saturated heterocycles. The number of hydrogen-bond acceptors (Lipinski definition) is 1. The average molecular weight is 180 g/mol. The Hall–Kier alpha value is -1.18. The van der Waals surface area contributed by atoms with E-state index >= 15 is 0 Å². The molecule has 0 heterocycles. The van der Waals surface area contributed by atoms with Crippen LogP contribution in [0.5, 0.6) is 0 Å². The van der Waals surface area contributed by atoms with Gasteiger partial charge in [0, 0.05) is 6.42 Å². The minimum atomic E-state index is -0.204. The molecule has 0 aliphatic carbocycles. The van der Waals surface area contributed by atoms with Gasteiger partial charge in [-0.3, -0.25) is 4.79 Å². The largest absolute Gasteiger partial charge is 0.300 e. The Bertz CT molecular complexity index is 342. The van der Waals surface area contributed by atoms with Crippen LogP contribution in [0, 0.1) is 19.7 Å². The quantitative estimate of drug-likeness (QED) is 0.683. The summed E-state index contributed by atoms with van der Waals surface area (Å²) < 4.78 is 13.0. The number of benzene rings is 1. The highest BCUT2D eigenvalue weighted by Crippen LogP contribution is 2.15. The molecule has 0 atom stereocenters. The first-order chi connectivity index (χ1) is 6.00. The van der Waals surface area contributed by atoms with Gasteiger partial charge in [0.25, 0.3) is 0 Å². The molecule has 1 aromatic rings. The van der Waals surface area contributed by atoms with E-state index in [0.29, 0.717) is 12.0 Å². The van der Waals surface area contributed by atoms with Crippen molar-refractivity contribution >= 4 is 5.78 Å².